The predicted molar refractivity (Wildman–Crippen MR) is 49.7 cm³/mol. The van der Waals surface area contributed by atoms with Crippen LogP contribution in [0.5, 0.6) is 0 Å². The maximum absolute atomic E-state index is 11.4. The van der Waals surface area contributed by atoms with Gasteiger partial charge < -0.3 is 5.48 Å². The molecule has 0 heterocycles. The smallest absolute Gasteiger partial charge is 0.435 e. The van der Waals surface area contributed by atoms with Crippen molar-refractivity contribution >= 4 is 10.3 Å². The highest BCUT2D eigenvalue weighted by atomic mass is 32.2. The molecule has 0 aliphatic heterocycles. The van der Waals surface area contributed by atoms with Crippen LogP contribution in [-0.4, -0.2) is 45.0 Å². The van der Waals surface area contributed by atoms with E-state index < -0.39 is 10.3 Å². The van der Waals surface area contributed by atoms with Crippen LogP contribution in [0, 0.1) is 0 Å². The molecule has 0 amide bonds. The first-order chi connectivity index (χ1) is 5.37. The van der Waals surface area contributed by atoms with Gasteiger partial charge in [0.25, 0.3) is 0 Å². The van der Waals surface area contributed by atoms with Gasteiger partial charge in [-0.25, -0.2) is 4.18 Å². The van der Waals surface area contributed by atoms with Crippen LogP contribution < -0.4 is 0 Å². The Morgan fingerprint density at radius 3 is 2.00 bits per heavy atom. The number of hydrogen-bond acceptors (Lipinski definition) is 4. The lowest BCUT2D eigenvalue weighted by molar-refractivity contribution is -0.765. The lowest BCUT2D eigenvalue weighted by atomic mass is 10.5. The van der Waals surface area contributed by atoms with E-state index in [4.69, 9.17) is 4.18 Å². The highest BCUT2D eigenvalue weighted by Gasteiger charge is 2.31. The summed E-state index contributed by atoms with van der Waals surface area (Å²) in [5.41, 5.74) is 0. The Kier molecular flexibility index (Phi) is 6.52. The molecule has 0 aliphatic carbocycles. The van der Waals surface area contributed by atoms with E-state index in [9.17, 15) is 8.42 Å². The summed E-state index contributed by atoms with van der Waals surface area (Å²) in [5.74, 6) is 0. The lowest BCUT2D eigenvalue weighted by Crippen LogP contribution is -2.46. The maximum atomic E-state index is 11.4. The van der Waals surface area contributed by atoms with Crippen molar-refractivity contribution in [2.24, 2.45) is 0 Å². The molecule has 0 aliphatic rings. The van der Waals surface area contributed by atoms with Crippen LogP contribution in [0.3, 0.4) is 0 Å². The Labute approximate surface area is 80.5 Å². The number of rotatable bonds is 5. The molecule has 0 aromatic rings. The molecular weight excluding hydrogens is 194 g/mol. The zero-order chi connectivity index (χ0) is 9.83. The molecular formula is C7H19NO4S. The van der Waals surface area contributed by atoms with Crippen molar-refractivity contribution in [3.8, 4) is 0 Å². The molecule has 0 fully saturated rings. The van der Waals surface area contributed by atoms with Crippen molar-refractivity contribution in [3.63, 3.8) is 0 Å². The highest BCUT2D eigenvalue weighted by Crippen LogP contribution is 2.09. The summed E-state index contributed by atoms with van der Waals surface area (Å²) in [7, 11) is -0.202. The van der Waals surface area contributed by atoms with E-state index in [1.54, 1.807) is 14.1 Å². The van der Waals surface area contributed by atoms with Gasteiger partial charge >= 0.3 is 10.3 Å². The Morgan fingerprint density at radius 1 is 1.23 bits per heavy atom. The molecule has 0 atom stereocenters. The van der Waals surface area contributed by atoms with E-state index >= 15 is 0 Å². The van der Waals surface area contributed by atoms with E-state index in [2.05, 4.69) is 0 Å². The zero-order valence-corrected chi connectivity index (χ0v) is 9.47. The fourth-order valence-corrected chi connectivity index (χ4v) is 1.47. The largest absolute Gasteiger partial charge is 0.870 e. The van der Waals surface area contributed by atoms with Crippen LogP contribution in [0.25, 0.3) is 0 Å². The van der Waals surface area contributed by atoms with Crippen LogP contribution in [0.2, 0.25) is 0 Å². The molecule has 0 spiro atoms. The molecule has 0 saturated carbocycles. The second-order valence-electron chi connectivity index (χ2n) is 3.14. The minimum atomic E-state index is -3.43. The minimum absolute atomic E-state index is 0. The van der Waals surface area contributed by atoms with E-state index in [0.29, 0.717) is 13.0 Å². The molecule has 82 valence electrons. The first kappa shape index (κ1) is 15.3. The van der Waals surface area contributed by atoms with Gasteiger partial charge in [-0.05, 0) is 13.3 Å². The summed E-state index contributed by atoms with van der Waals surface area (Å²) in [5, 5.41) is 0. The van der Waals surface area contributed by atoms with E-state index in [1.807, 2.05) is 13.8 Å². The molecule has 0 radical (unpaired) electrons. The van der Waals surface area contributed by atoms with Gasteiger partial charge in [-0.3, -0.25) is 0 Å². The van der Waals surface area contributed by atoms with E-state index in [-0.39, 0.29) is 16.0 Å². The molecule has 13 heavy (non-hydrogen) atoms. The molecule has 6 heteroatoms. The lowest BCUT2D eigenvalue weighted by Gasteiger charge is -2.25. The first-order valence-electron chi connectivity index (χ1n) is 4.10. The molecule has 0 rings (SSSR count). The van der Waals surface area contributed by atoms with Crippen LogP contribution in [0.15, 0.2) is 0 Å². The van der Waals surface area contributed by atoms with Gasteiger partial charge in [0.2, 0.25) is 0 Å². The van der Waals surface area contributed by atoms with Gasteiger partial charge in [-0.15, -0.1) is 8.42 Å². The third-order valence-corrected chi connectivity index (χ3v) is 3.74. The average Bonchev–Trinajstić information content (AvgIpc) is 2.00. The Bertz CT molecular complexity index is 223. The first-order valence-corrected chi connectivity index (χ1v) is 5.46. The van der Waals surface area contributed by atoms with Crippen molar-refractivity contribution in [2.45, 2.75) is 20.3 Å². The van der Waals surface area contributed by atoms with Gasteiger partial charge in [-0.2, -0.15) is 3.89 Å². The molecule has 1 N–H and O–H groups in total. The Balaban J connectivity index is 0. The quantitative estimate of drug-likeness (QED) is 0.626. The zero-order valence-electron chi connectivity index (χ0n) is 8.65. The monoisotopic (exact) mass is 213 g/mol. The van der Waals surface area contributed by atoms with Crippen molar-refractivity contribution in [3.05, 3.63) is 0 Å². The summed E-state index contributed by atoms with van der Waals surface area (Å²) in [6, 6.07) is 0. The van der Waals surface area contributed by atoms with E-state index in [0.717, 1.165) is 0 Å². The van der Waals surface area contributed by atoms with Gasteiger partial charge in [-0.1, -0.05) is 6.92 Å². The number of nitrogens with zero attached hydrogens (tertiary/aromatic N) is 1. The molecule has 0 aromatic heterocycles. The molecule has 0 aromatic carbocycles. The van der Waals surface area contributed by atoms with Crippen LogP contribution in [0.1, 0.15) is 20.3 Å². The third-order valence-electron chi connectivity index (χ3n) is 1.80. The van der Waals surface area contributed by atoms with Crippen molar-refractivity contribution in [2.75, 3.05) is 27.2 Å². The third kappa shape index (κ3) is 4.04. The SMILES string of the molecule is CCCOS(=O)(=O)[N+](C)(C)CC.[OH-]. The second-order valence-corrected chi connectivity index (χ2v) is 5.22. The molecule has 5 nitrogen and oxygen atoms in total. The van der Waals surface area contributed by atoms with Gasteiger partial charge in [0.15, 0.2) is 0 Å². The fourth-order valence-electron chi connectivity index (χ4n) is 0.489. The Morgan fingerprint density at radius 2 is 1.69 bits per heavy atom. The summed E-state index contributed by atoms with van der Waals surface area (Å²) in [6.45, 7) is 4.46. The van der Waals surface area contributed by atoms with Crippen molar-refractivity contribution in [1.82, 2.24) is 0 Å². The van der Waals surface area contributed by atoms with Crippen LogP contribution >= 0.6 is 0 Å². The molecule has 0 unspecified atom stereocenters. The fraction of sp³-hybridized carbons (Fsp3) is 1.00. The van der Waals surface area contributed by atoms with Crippen LogP contribution in [0.4, 0.5) is 0 Å². The summed E-state index contributed by atoms with van der Waals surface area (Å²) in [6.07, 6.45) is 0.711. The summed E-state index contributed by atoms with van der Waals surface area (Å²) >= 11 is 0. The highest BCUT2D eigenvalue weighted by molar-refractivity contribution is 7.81. The van der Waals surface area contributed by atoms with Crippen LogP contribution in [-0.2, 0) is 14.5 Å². The van der Waals surface area contributed by atoms with E-state index in [1.165, 1.54) is 0 Å². The number of quaternary nitrogens is 1. The second kappa shape index (κ2) is 5.54. The Hall–Kier alpha value is -0.170. The standard InChI is InChI=1S/C7H18NO3S.H2O/c1-5-7-11-12(9,10)8(3,4)6-2;/h5-7H2,1-4H3;1H2/q+1;/p-1. The summed E-state index contributed by atoms with van der Waals surface area (Å²) in [4.78, 5) is 0. The van der Waals surface area contributed by atoms with Gasteiger partial charge in [0.1, 0.15) is 0 Å². The predicted octanol–water partition coefficient (Wildman–Crippen LogP) is 0.577. The number of hydrogen-bond donors (Lipinski definition) is 0. The minimum Gasteiger partial charge on any atom is -0.870 e. The average molecular weight is 213 g/mol. The van der Waals surface area contributed by atoms with Gasteiger partial charge in [0, 0.05) is 0 Å². The normalized spacial score (nSPS) is 12.3. The van der Waals surface area contributed by atoms with Gasteiger partial charge in [0.05, 0.1) is 27.2 Å². The molecule has 0 saturated heterocycles. The molecule has 0 bridgehead atoms. The topological polar surface area (TPSA) is 73.4 Å². The van der Waals surface area contributed by atoms with Crippen molar-refractivity contribution < 1.29 is 22.0 Å². The van der Waals surface area contributed by atoms with Crippen molar-refractivity contribution in [1.29, 1.82) is 0 Å². The summed E-state index contributed by atoms with van der Waals surface area (Å²) < 4.78 is 27.4. The maximum Gasteiger partial charge on any atom is 0.435 e.